The maximum atomic E-state index is 12.9. The largest absolute Gasteiger partial charge is 0.335 e. The summed E-state index contributed by atoms with van der Waals surface area (Å²) in [4.78, 5) is 32.6. The van der Waals surface area contributed by atoms with E-state index in [9.17, 15) is 9.59 Å². The van der Waals surface area contributed by atoms with Crippen molar-refractivity contribution in [3.05, 3.63) is 18.0 Å². The summed E-state index contributed by atoms with van der Waals surface area (Å²) >= 11 is 0. The summed E-state index contributed by atoms with van der Waals surface area (Å²) in [6, 6.07) is -0.257. The molecule has 0 aliphatic carbocycles. The Balaban J connectivity index is 1.89. The van der Waals surface area contributed by atoms with Crippen molar-refractivity contribution in [1.82, 2.24) is 19.7 Å². The molecule has 126 valence electrons. The molecule has 7 nitrogen and oxygen atoms in total. The number of carbonyl (C=O) groups is 2. The third kappa shape index (κ3) is 3.10. The van der Waals surface area contributed by atoms with Crippen molar-refractivity contribution in [1.29, 1.82) is 0 Å². The molecule has 2 aliphatic rings. The first-order chi connectivity index (χ1) is 11.1. The van der Waals surface area contributed by atoms with E-state index in [1.165, 1.54) is 5.06 Å². The molecule has 3 rings (SSSR count). The number of carbonyl (C=O) groups excluding carboxylic acids is 2. The summed E-state index contributed by atoms with van der Waals surface area (Å²) in [5.41, 5.74) is 0.915. The third-order valence-corrected chi connectivity index (χ3v) is 4.68. The van der Waals surface area contributed by atoms with Crippen molar-refractivity contribution >= 4 is 11.8 Å². The first-order valence-electron chi connectivity index (χ1n) is 8.34. The van der Waals surface area contributed by atoms with Gasteiger partial charge in [-0.15, -0.1) is 0 Å². The fourth-order valence-electron chi connectivity index (χ4n) is 3.55. The van der Waals surface area contributed by atoms with Crippen molar-refractivity contribution in [3.8, 4) is 0 Å². The van der Waals surface area contributed by atoms with Crippen LogP contribution in [0, 0.1) is 5.92 Å². The minimum absolute atomic E-state index is 0.00972. The maximum Gasteiger partial charge on any atom is 0.251 e. The molecule has 0 bridgehead atoms. The lowest BCUT2D eigenvalue weighted by Crippen LogP contribution is -2.49. The summed E-state index contributed by atoms with van der Waals surface area (Å²) in [6.07, 6.45) is 6.57. The molecule has 7 heteroatoms. The molecule has 2 aliphatic heterocycles. The molecule has 23 heavy (non-hydrogen) atoms. The molecular formula is C16H24N4O3. The summed E-state index contributed by atoms with van der Waals surface area (Å²) in [5, 5.41) is 5.72. The summed E-state index contributed by atoms with van der Waals surface area (Å²) in [6.45, 7) is 3.76. The Labute approximate surface area is 136 Å². The second kappa shape index (κ2) is 6.70. The van der Waals surface area contributed by atoms with Gasteiger partial charge in [0, 0.05) is 38.3 Å². The Morgan fingerprint density at radius 2 is 2.26 bits per heavy atom. The number of hydrogen-bond acceptors (Lipinski definition) is 4. The van der Waals surface area contributed by atoms with Gasteiger partial charge < -0.3 is 4.90 Å². The van der Waals surface area contributed by atoms with Crippen LogP contribution in [0.1, 0.15) is 44.2 Å². The highest BCUT2D eigenvalue weighted by molar-refractivity contribution is 5.84. The second-order valence-electron chi connectivity index (χ2n) is 6.20. The van der Waals surface area contributed by atoms with E-state index >= 15 is 0 Å². The third-order valence-electron chi connectivity index (χ3n) is 4.68. The van der Waals surface area contributed by atoms with E-state index in [0.717, 1.165) is 18.4 Å². The minimum Gasteiger partial charge on any atom is -0.335 e. The number of aryl methyl sites for hydroxylation is 1. The Morgan fingerprint density at radius 3 is 2.87 bits per heavy atom. The van der Waals surface area contributed by atoms with Gasteiger partial charge in [0.2, 0.25) is 5.91 Å². The average molecular weight is 320 g/mol. The molecule has 2 fully saturated rings. The summed E-state index contributed by atoms with van der Waals surface area (Å²) in [5.74, 6) is -0.176. The molecule has 0 unspecified atom stereocenters. The highest BCUT2D eigenvalue weighted by Gasteiger charge is 2.42. The number of aromatic nitrogens is 2. The predicted molar refractivity (Wildman–Crippen MR) is 83.0 cm³/mol. The van der Waals surface area contributed by atoms with Gasteiger partial charge in [-0.05, 0) is 26.2 Å². The molecule has 0 aromatic carbocycles. The first kappa shape index (κ1) is 16.0. The van der Waals surface area contributed by atoms with Crippen LogP contribution in [-0.2, 0) is 21.5 Å². The van der Waals surface area contributed by atoms with Gasteiger partial charge >= 0.3 is 0 Å². The van der Waals surface area contributed by atoms with E-state index < -0.39 is 0 Å². The van der Waals surface area contributed by atoms with E-state index in [4.69, 9.17) is 4.84 Å². The van der Waals surface area contributed by atoms with Crippen LogP contribution in [-0.4, -0.2) is 51.3 Å². The summed E-state index contributed by atoms with van der Waals surface area (Å²) in [7, 11) is 1.84. The van der Waals surface area contributed by atoms with Crippen LogP contribution >= 0.6 is 0 Å². The first-order valence-corrected chi connectivity index (χ1v) is 8.34. The van der Waals surface area contributed by atoms with Crippen molar-refractivity contribution in [2.24, 2.45) is 13.0 Å². The van der Waals surface area contributed by atoms with E-state index in [0.29, 0.717) is 32.5 Å². The van der Waals surface area contributed by atoms with E-state index in [2.05, 4.69) is 5.10 Å². The van der Waals surface area contributed by atoms with Gasteiger partial charge in [-0.2, -0.15) is 5.10 Å². The van der Waals surface area contributed by atoms with Gasteiger partial charge in [-0.1, -0.05) is 0 Å². The highest BCUT2D eigenvalue weighted by atomic mass is 16.7. The average Bonchev–Trinajstić information content (AvgIpc) is 3.00. The van der Waals surface area contributed by atoms with Gasteiger partial charge in [-0.3, -0.25) is 19.1 Å². The standard InChI is InChI=1S/C16H24N4O3/c1-3-19-14(21)7-6-13(15(19)12-10-17-18(2)11-12)16(22)20-8-4-5-9-23-20/h10-11,13,15H,3-9H2,1-2H3/t13-,15+/m0/s1. The van der Waals surface area contributed by atoms with Crippen molar-refractivity contribution in [2.75, 3.05) is 19.7 Å². The van der Waals surface area contributed by atoms with Gasteiger partial charge in [-0.25, -0.2) is 5.06 Å². The number of nitrogens with zero attached hydrogens (tertiary/aromatic N) is 4. The molecule has 2 amide bonds. The Bertz CT molecular complexity index is 580. The molecule has 3 heterocycles. The predicted octanol–water partition coefficient (Wildman–Crippen LogP) is 1.27. The zero-order valence-corrected chi connectivity index (χ0v) is 13.8. The molecule has 2 saturated heterocycles. The van der Waals surface area contributed by atoms with Crippen LogP contribution in [0.15, 0.2) is 12.4 Å². The van der Waals surface area contributed by atoms with Crippen molar-refractivity contribution in [2.45, 2.75) is 38.6 Å². The topological polar surface area (TPSA) is 67.7 Å². The number of likely N-dealkylation sites (tertiary alicyclic amines) is 1. The van der Waals surface area contributed by atoms with Crippen LogP contribution < -0.4 is 0 Å². The van der Waals surface area contributed by atoms with Gasteiger partial charge in [0.05, 0.1) is 24.8 Å². The zero-order chi connectivity index (χ0) is 16.4. The second-order valence-corrected chi connectivity index (χ2v) is 6.20. The monoisotopic (exact) mass is 320 g/mol. The Kier molecular flexibility index (Phi) is 4.66. The molecule has 2 atom stereocenters. The van der Waals surface area contributed by atoms with E-state index in [1.54, 1.807) is 15.8 Å². The fraction of sp³-hybridized carbons (Fsp3) is 0.688. The van der Waals surface area contributed by atoms with E-state index in [-0.39, 0.29) is 23.8 Å². The fourth-order valence-corrected chi connectivity index (χ4v) is 3.55. The van der Waals surface area contributed by atoms with Gasteiger partial charge in [0.25, 0.3) is 5.91 Å². The molecule has 1 aromatic heterocycles. The molecule has 1 aromatic rings. The smallest absolute Gasteiger partial charge is 0.251 e. The number of hydrogen-bond donors (Lipinski definition) is 0. The maximum absolute atomic E-state index is 12.9. The van der Waals surface area contributed by atoms with E-state index in [1.807, 2.05) is 20.2 Å². The molecular weight excluding hydrogens is 296 g/mol. The van der Waals surface area contributed by atoms with Gasteiger partial charge in [0.15, 0.2) is 0 Å². The SMILES string of the molecule is CCN1C(=O)CC[C@H](C(=O)N2CCCCO2)[C@H]1c1cnn(C)c1. The van der Waals surface area contributed by atoms with Crippen molar-refractivity contribution < 1.29 is 14.4 Å². The zero-order valence-electron chi connectivity index (χ0n) is 13.8. The summed E-state index contributed by atoms with van der Waals surface area (Å²) < 4.78 is 1.71. The van der Waals surface area contributed by atoms with Gasteiger partial charge in [0.1, 0.15) is 0 Å². The van der Waals surface area contributed by atoms with Crippen LogP contribution in [0.5, 0.6) is 0 Å². The number of piperidine rings is 1. The molecule has 0 N–H and O–H groups in total. The molecule has 0 radical (unpaired) electrons. The lowest BCUT2D eigenvalue weighted by atomic mass is 9.84. The van der Waals surface area contributed by atoms with Crippen molar-refractivity contribution in [3.63, 3.8) is 0 Å². The normalized spacial score (nSPS) is 25.7. The van der Waals surface area contributed by atoms with Crippen LogP contribution in [0.4, 0.5) is 0 Å². The lowest BCUT2D eigenvalue weighted by molar-refractivity contribution is -0.204. The Hall–Kier alpha value is -1.89. The number of rotatable bonds is 3. The number of amides is 2. The lowest BCUT2D eigenvalue weighted by Gasteiger charge is -2.41. The minimum atomic E-state index is -0.269. The van der Waals surface area contributed by atoms with Crippen LogP contribution in [0.25, 0.3) is 0 Å². The number of hydroxylamine groups is 2. The Morgan fingerprint density at radius 1 is 1.43 bits per heavy atom. The van der Waals surface area contributed by atoms with Crippen LogP contribution in [0.3, 0.4) is 0 Å². The quantitative estimate of drug-likeness (QED) is 0.841. The highest BCUT2D eigenvalue weighted by Crippen LogP contribution is 2.37. The molecule has 0 spiro atoms. The van der Waals surface area contributed by atoms with Crippen LogP contribution in [0.2, 0.25) is 0 Å². The molecule has 0 saturated carbocycles.